The Morgan fingerprint density at radius 3 is 2.47 bits per heavy atom. The molecule has 0 bridgehead atoms. The van der Waals surface area contributed by atoms with Crippen LogP contribution in [0.5, 0.6) is 5.75 Å². The van der Waals surface area contributed by atoms with Crippen molar-refractivity contribution in [2.75, 3.05) is 6.54 Å². The SMILES string of the molecule is CC(C(=O)NCC(F)(F)C(F)(F)F)C(=O)N[C@@H]1C(=O)CC(CC2=CCC(Cl)C=C2)c2ccccc2O[C@@H]1C. The summed E-state index contributed by atoms with van der Waals surface area (Å²) < 4.78 is 69.4. The first kappa shape index (κ1) is 29.6. The second kappa shape index (κ2) is 11.8. The Morgan fingerprint density at radius 2 is 1.84 bits per heavy atom. The van der Waals surface area contributed by atoms with Crippen molar-refractivity contribution in [1.82, 2.24) is 10.6 Å². The minimum atomic E-state index is -5.86. The van der Waals surface area contributed by atoms with E-state index >= 15 is 0 Å². The Bertz CT molecular complexity index is 1120. The number of hydrogen-bond acceptors (Lipinski definition) is 4. The van der Waals surface area contributed by atoms with Crippen LogP contribution in [-0.4, -0.2) is 53.8 Å². The summed E-state index contributed by atoms with van der Waals surface area (Å²) in [5.74, 6) is -9.30. The third-order valence-corrected chi connectivity index (χ3v) is 6.85. The molecule has 3 rings (SSSR count). The topological polar surface area (TPSA) is 84.5 Å². The van der Waals surface area contributed by atoms with Crippen LogP contribution < -0.4 is 15.4 Å². The highest BCUT2D eigenvalue weighted by Crippen LogP contribution is 2.38. The van der Waals surface area contributed by atoms with Crippen molar-refractivity contribution in [3.05, 3.63) is 53.6 Å². The third-order valence-electron chi connectivity index (χ3n) is 6.53. The van der Waals surface area contributed by atoms with Crippen LogP contribution in [0.25, 0.3) is 0 Å². The Kier molecular flexibility index (Phi) is 9.22. The number of alkyl halides is 6. The minimum absolute atomic E-state index is 0.0313. The number of halogens is 6. The van der Waals surface area contributed by atoms with Crippen LogP contribution in [0.1, 0.15) is 44.6 Å². The summed E-state index contributed by atoms with van der Waals surface area (Å²) >= 11 is 6.11. The number of ketones is 1. The van der Waals surface area contributed by atoms with Crippen LogP contribution in [0.2, 0.25) is 0 Å². The fourth-order valence-electron chi connectivity index (χ4n) is 4.24. The van der Waals surface area contributed by atoms with Gasteiger partial charge in [0.05, 0.1) is 11.9 Å². The zero-order valence-electron chi connectivity index (χ0n) is 20.7. The molecule has 0 saturated heterocycles. The highest BCUT2D eigenvalue weighted by atomic mass is 35.5. The fraction of sp³-hybridized carbons (Fsp3) is 0.500. The first-order chi connectivity index (χ1) is 17.7. The van der Waals surface area contributed by atoms with Crippen molar-refractivity contribution in [2.24, 2.45) is 5.92 Å². The fourth-order valence-corrected chi connectivity index (χ4v) is 4.40. The molecule has 0 aromatic heterocycles. The lowest BCUT2D eigenvalue weighted by molar-refractivity contribution is -0.278. The van der Waals surface area contributed by atoms with Gasteiger partial charge in [-0.15, -0.1) is 11.6 Å². The number of allylic oxidation sites excluding steroid dienone is 4. The maximum Gasteiger partial charge on any atom is 0.455 e. The second-order valence-corrected chi connectivity index (χ2v) is 10.0. The largest absolute Gasteiger partial charge is 0.488 e. The molecule has 5 atom stereocenters. The number of rotatable bonds is 7. The van der Waals surface area contributed by atoms with Crippen LogP contribution in [0.15, 0.2) is 48.1 Å². The number of hydrogen-bond donors (Lipinski definition) is 2. The zero-order valence-corrected chi connectivity index (χ0v) is 21.4. The van der Waals surface area contributed by atoms with Gasteiger partial charge in [-0.25, -0.2) is 0 Å². The van der Waals surface area contributed by atoms with E-state index < -0.39 is 48.5 Å². The quantitative estimate of drug-likeness (QED) is 0.283. The van der Waals surface area contributed by atoms with E-state index in [2.05, 4.69) is 5.32 Å². The molecule has 1 aliphatic carbocycles. The summed E-state index contributed by atoms with van der Waals surface area (Å²) in [6, 6.07) is 6.01. The molecule has 12 heteroatoms. The van der Waals surface area contributed by atoms with Gasteiger partial charge in [0.25, 0.3) is 0 Å². The summed E-state index contributed by atoms with van der Waals surface area (Å²) in [6.07, 6.45) is 0.239. The molecule has 3 unspecified atom stereocenters. The summed E-state index contributed by atoms with van der Waals surface area (Å²) in [4.78, 5) is 38.2. The molecule has 1 aromatic carbocycles. The predicted molar refractivity (Wildman–Crippen MR) is 130 cm³/mol. The van der Waals surface area contributed by atoms with Crippen molar-refractivity contribution in [1.29, 1.82) is 0 Å². The van der Waals surface area contributed by atoms with Gasteiger partial charge in [0.15, 0.2) is 5.78 Å². The van der Waals surface area contributed by atoms with Gasteiger partial charge in [0.1, 0.15) is 23.8 Å². The van der Waals surface area contributed by atoms with Gasteiger partial charge in [-0.2, -0.15) is 22.0 Å². The van der Waals surface area contributed by atoms with Crippen molar-refractivity contribution in [3.8, 4) is 5.75 Å². The minimum Gasteiger partial charge on any atom is -0.488 e. The highest BCUT2D eigenvalue weighted by Gasteiger charge is 2.57. The van der Waals surface area contributed by atoms with Crippen molar-refractivity contribution in [3.63, 3.8) is 0 Å². The molecule has 0 radical (unpaired) electrons. The Balaban J connectivity index is 1.73. The van der Waals surface area contributed by atoms with Crippen LogP contribution in [0.4, 0.5) is 22.0 Å². The van der Waals surface area contributed by atoms with E-state index in [9.17, 15) is 36.3 Å². The molecule has 0 fully saturated rings. The number of benzene rings is 1. The molecule has 1 heterocycles. The van der Waals surface area contributed by atoms with E-state index in [4.69, 9.17) is 16.3 Å². The van der Waals surface area contributed by atoms with Gasteiger partial charge >= 0.3 is 12.1 Å². The lowest BCUT2D eigenvalue weighted by atomic mass is 9.83. The average Bonchev–Trinajstić information content (AvgIpc) is 2.85. The number of para-hydroxylation sites is 1. The van der Waals surface area contributed by atoms with Gasteiger partial charge in [-0.1, -0.05) is 42.0 Å². The van der Waals surface area contributed by atoms with E-state index in [-0.39, 0.29) is 23.5 Å². The van der Waals surface area contributed by atoms with Gasteiger partial charge in [0, 0.05) is 6.42 Å². The summed E-state index contributed by atoms with van der Waals surface area (Å²) in [5, 5.41) is 3.77. The number of fused-ring (bicyclic) bond motifs is 1. The molecule has 0 spiro atoms. The number of carbonyl (C=O) groups excluding carboxylic acids is 3. The van der Waals surface area contributed by atoms with Gasteiger partial charge in [-0.05, 0) is 44.2 Å². The lowest BCUT2D eigenvalue weighted by Crippen LogP contribution is -2.54. The maximum atomic E-state index is 13.3. The van der Waals surface area contributed by atoms with Gasteiger partial charge < -0.3 is 15.4 Å². The van der Waals surface area contributed by atoms with Crippen LogP contribution in [0, 0.1) is 5.92 Å². The Hall–Kier alpha value is -2.95. The van der Waals surface area contributed by atoms with Crippen molar-refractivity contribution >= 4 is 29.2 Å². The molecule has 0 saturated carbocycles. The molecule has 38 heavy (non-hydrogen) atoms. The molecule has 2 aliphatic rings. The van der Waals surface area contributed by atoms with Crippen LogP contribution in [-0.2, 0) is 14.4 Å². The summed E-state index contributed by atoms with van der Waals surface area (Å²) in [7, 11) is 0. The monoisotopic (exact) mass is 562 g/mol. The smallest absolute Gasteiger partial charge is 0.455 e. The first-order valence-electron chi connectivity index (χ1n) is 12.0. The molecule has 2 N–H and O–H groups in total. The molecule has 208 valence electrons. The van der Waals surface area contributed by atoms with Crippen molar-refractivity contribution < 1.29 is 41.1 Å². The number of carbonyl (C=O) groups is 3. The van der Waals surface area contributed by atoms with Crippen molar-refractivity contribution in [2.45, 2.75) is 68.6 Å². The van der Waals surface area contributed by atoms with E-state index in [1.165, 1.54) is 5.32 Å². The summed E-state index contributed by atoms with van der Waals surface area (Å²) in [6.45, 7) is 0.586. The molecule has 1 aliphatic heterocycles. The summed E-state index contributed by atoms with van der Waals surface area (Å²) in [5.41, 5.74) is 1.81. The van der Waals surface area contributed by atoms with E-state index in [1.54, 1.807) is 19.1 Å². The van der Waals surface area contributed by atoms with E-state index in [1.807, 2.05) is 30.4 Å². The van der Waals surface area contributed by atoms with Gasteiger partial charge in [-0.3, -0.25) is 14.4 Å². The highest BCUT2D eigenvalue weighted by molar-refractivity contribution is 6.22. The van der Waals surface area contributed by atoms with Gasteiger partial charge in [0.2, 0.25) is 11.8 Å². The predicted octanol–water partition coefficient (Wildman–Crippen LogP) is 4.83. The maximum absolute atomic E-state index is 13.3. The molecule has 1 aromatic rings. The number of Topliss-reactive ketones (excluding diaryl/α,β-unsaturated/α-hetero) is 1. The number of amides is 2. The van der Waals surface area contributed by atoms with E-state index in [0.717, 1.165) is 18.1 Å². The van der Waals surface area contributed by atoms with E-state index in [0.29, 0.717) is 18.6 Å². The van der Waals surface area contributed by atoms with Crippen LogP contribution >= 0.6 is 11.6 Å². The normalized spacial score (nSPS) is 24.7. The first-order valence-corrected chi connectivity index (χ1v) is 12.5. The standard InChI is InChI=1S/C26H28ClF5N2O4/c1-14(23(36)33-13-25(28,29)26(30,31)32)24(37)34-22-15(2)38-21-6-4-3-5-19(21)17(12-20(22)35)11-16-7-9-18(27)10-8-16/h3-9,14-15,17-18,22H,10-13H2,1-2H3,(H,33,36)(H,34,37)/t14?,15-,17?,18?,22+/m1/s1. The Labute approximate surface area is 221 Å². The molecule has 6 nitrogen and oxygen atoms in total. The lowest BCUT2D eigenvalue weighted by Gasteiger charge is -2.32. The number of nitrogens with one attached hydrogen (secondary N) is 2. The molecular formula is C26H28ClF5N2O4. The number of ether oxygens (including phenoxy) is 1. The second-order valence-electron chi connectivity index (χ2n) is 9.45. The molecule has 2 amide bonds. The zero-order chi connectivity index (χ0) is 28.3. The third kappa shape index (κ3) is 7.12. The average molecular weight is 563 g/mol. The molecular weight excluding hydrogens is 535 g/mol. The van der Waals surface area contributed by atoms with Crippen LogP contribution in [0.3, 0.4) is 0 Å². The Morgan fingerprint density at radius 1 is 1.16 bits per heavy atom.